The first kappa shape index (κ1) is 17.5. The lowest BCUT2D eigenvalue weighted by Crippen LogP contribution is -2.41. The second kappa shape index (κ2) is 7.70. The van der Waals surface area contributed by atoms with Gasteiger partial charge in [0.2, 0.25) is 17.7 Å². The summed E-state index contributed by atoms with van der Waals surface area (Å²) in [7, 11) is 1.59. The predicted octanol–water partition coefficient (Wildman–Crippen LogP) is 3.30. The van der Waals surface area contributed by atoms with E-state index in [4.69, 9.17) is 16.3 Å². The zero-order chi connectivity index (χ0) is 17.8. The molecule has 1 amide bonds. The van der Waals surface area contributed by atoms with Crippen LogP contribution in [-0.2, 0) is 4.79 Å². The lowest BCUT2D eigenvalue weighted by molar-refractivity contribution is -0.120. The normalized spacial score (nSPS) is 17.2. The van der Waals surface area contributed by atoms with E-state index in [0.717, 1.165) is 25.1 Å². The topological polar surface area (TPSA) is 67.3 Å². The Kier molecular flexibility index (Phi) is 5.38. The minimum absolute atomic E-state index is 0.00779. The highest BCUT2D eigenvalue weighted by atomic mass is 35.5. The number of nitrogens with one attached hydrogen (secondary N) is 1. The van der Waals surface area contributed by atoms with Crippen molar-refractivity contribution in [2.75, 3.05) is 30.4 Å². The zero-order valence-electron chi connectivity index (χ0n) is 14.3. The van der Waals surface area contributed by atoms with Gasteiger partial charge in [-0.3, -0.25) is 4.79 Å². The molecule has 1 aliphatic heterocycles. The fraction of sp³-hybridized carbons (Fsp3) is 0.389. The van der Waals surface area contributed by atoms with E-state index in [1.165, 1.54) is 0 Å². The van der Waals surface area contributed by atoms with Crippen LogP contribution < -0.4 is 15.0 Å². The summed E-state index contributed by atoms with van der Waals surface area (Å²) in [4.78, 5) is 23.5. The van der Waals surface area contributed by atoms with Crippen LogP contribution in [0.15, 0.2) is 30.3 Å². The van der Waals surface area contributed by atoms with Crippen molar-refractivity contribution in [2.45, 2.75) is 19.8 Å². The third-order valence-corrected chi connectivity index (χ3v) is 4.43. The number of hydrogen-bond donors (Lipinski definition) is 1. The number of piperidine rings is 1. The molecule has 0 radical (unpaired) electrons. The molecule has 1 unspecified atom stereocenters. The molecule has 132 valence electrons. The highest BCUT2D eigenvalue weighted by molar-refractivity contribution is 6.30. The van der Waals surface area contributed by atoms with Crippen molar-refractivity contribution in [1.82, 2.24) is 9.97 Å². The lowest BCUT2D eigenvalue weighted by atomic mass is 9.97. The Morgan fingerprint density at radius 3 is 2.96 bits per heavy atom. The highest BCUT2D eigenvalue weighted by Gasteiger charge is 2.27. The number of carbonyl (C=O) groups is 1. The second-order valence-electron chi connectivity index (χ2n) is 6.14. The van der Waals surface area contributed by atoms with Crippen LogP contribution in [0.2, 0.25) is 5.02 Å². The van der Waals surface area contributed by atoms with Crippen LogP contribution >= 0.6 is 11.6 Å². The average molecular weight is 361 g/mol. The highest BCUT2D eigenvalue weighted by Crippen LogP contribution is 2.24. The van der Waals surface area contributed by atoms with Crippen LogP contribution in [0.5, 0.6) is 5.88 Å². The maximum atomic E-state index is 12.6. The van der Waals surface area contributed by atoms with E-state index in [2.05, 4.69) is 15.3 Å². The summed E-state index contributed by atoms with van der Waals surface area (Å²) in [5, 5.41) is 3.54. The Hall–Kier alpha value is -2.34. The molecule has 1 fully saturated rings. The van der Waals surface area contributed by atoms with Gasteiger partial charge in [-0.2, -0.15) is 4.98 Å². The van der Waals surface area contributed by atoms with E-state index in [0.29, 0.717) is 29.1 Å². The van der Waals surface area contributed by atoms with Crippen LogP contribution in [0.4, 0.5) is 11.6 Å². The number of benzene rings is 1. The van der Waals surface area contributed by atoms with Crippen LogP contribution in [-0.4, -0.2) is 36.1 Å². The molecule has 2 heterocycles. The zero-order valence-corrected chi connectivity index (χ0v) is 15.1. The molecule has 0 saturated carbocycles. The molecular formula is C18H21ClN4O2. The van der Waals surface area contributed by atoms with Crippen molar-refractivity contribution in [3.8, 4) is 5.88 Å². The first-order valence-corrected chi connectivity index (χ1v) is 8.64. The minimum Gasteiger partial charge on any atom is -0.481 e. The molecule has 1 atom stereocenters. The standard InChI is InChI=1S/C18H21ClN4O2/c1-12-9-16(25-2)22-18(20-12)23-8-4-5-13(11-23)17(24)21-15-7-3-6-14(19)10-15/h3,6-7,9-10,13H,4-5,8,11H2,1-2H3,(H,21,24). The molecule has 2 aromatic rings. The Morgan fingerprint density at radius 2 is 2.20 bits per heavy atom. The van der Waals surface area contributed by atoms with Crippen molar-refractivity contribution in [2.24, 2.45) is 5.92 Å². The molecule has 7 heteroatoms. The summed E-state index contributed by atoms with van der Waals surface area (Å²) in [5.74, 6) is 1.01. The molecule has 1 saturated heterocycles. The minimum atomic E-state index is -0.122. The van der Waals surface area contributed by atoms with E-state index in [1.54, 1.807) is 25.3 Å². The van der Waals surface area contributed by atoms with Gasteiger partial charge in [0, 0.05) is 35.6 Å². The van der Waals surface area contributed by atoms with Crippen molar-refractivity contribution in [1.29, 1.82) is 0 Å². The van der Waals surface area contributed by atoms with Crippen LogP contribution in [0.3, 0.4) is 0 Å². The lowest BCUT2D eigenvalue weighted by Gasteiger charge is -2.32. The number of halogens is 1. The summed E-state index contributed by atoms with van der Waals surface area (Å²) >= 11 is 5.97. The molecule has 0 bridgehead atoms. The number of amides is 1. The number of carbonyl (C=O) groups excluding carboxylic acids is 1. The van der Waals surface area contributed by atoms with Gasteiger partial charge in [-0.05, 0) is 38.0 Å². The van der Waals surface area contributed by atoms with E-state index in [9.17, 15) is 4.79 Å². The Bertz CT molecular complexity index is 768. The van der Waals surface area contributed by atoms with Gasteiger partial charge in [-0.25, -0.2) is 4.98 Å². The molecule has 1 aromatic heterocycles. The quantitative estimate of drug-likeness (QED) is 0.906. The van der Waals surface area contributed by atoms with E-state index < -0.39 is 0 Å². The van der Waals surface area contributed by atoms with Gasteiger partial charge in [-0.1, -0.05) is 17.7 Å². The molecule has 0 aliphatic carbocycles. The Balaban J connectivity index is 1.70. The van der Waals surface area contributed by atoms with Gasteiger partial charge in [0.15, 0.2) is 0 Å². The van der Waals surface area contributed by atoms with Crippen molar-refractivity contribution in [3.05, 3.63) is 41.0 Å². The van der Waals surface area contributed by atoms with Crippen LogP contribution in [0.1, 0.15) is 18.5 Å². The maximum absolute atomic E-state index is 12.6. The Morgan fingerprint density at radius 1 is 1.36 bits per heavy atom. The number of ether oxygens (including phenoxy) is 1. The monoisotopic (exact) mass is 360 g/mol. The molecule has 6 nitrogen and oxygen atoms in total. The van der Waals surface area contributed by atoms with Crippen molar-refractivity contribution >= 4 is 29.1 Å². The average Bonchev–Trinajstić information content (AvgIpc) is 2.61. The molecule has 3 rings (SSSR count). The summed E-state index contributed by atoms with van der Waals surface area (Å²) in [6.07, 6.45) is 1.75. The SMILES string of the molecule is COc1cc(C)nc(N2CCCC(C(=O)Nc3cccc(Cl)c3)C2)n1. The smallest absolute Gasteiger partial charge is 0.229 e. The first-order chi connectivity index (χ1) is 12.0. The fourth-order valence-corrected chi connectivity index (χ4v) is 3.14. The third kappa shape index (κ3) is 4.39. The number of hydrogen-bond acceptors (Lipinski definition) is 5. The largest absolute Gasteiger partial charge is 0.481 e. The van der Waals surface area contributed by atoms with Gasteiger partial charge in [0.1, 0.15) is 0 Å². The van der Waals surface area contributed by atoms with Gasteiger partial charge < -0.3 is 15.0 Å². The number of anilines is 2. The number of nitrogens with zero attached hydrogens (tertiary/aromatic N) is 3. The van der Waals surface area contributed by atoms with Crippen LogP contribution in [0, 0.1) is 12.8 Å². The molecule has 0 spiro atoms. The molecule has 1 aromatic carbocycles. The summed E-state index contributed by atoms with van der Waals surface area (Å²) in [6, 6.07) is 8.96. The molecular weight excluding hydrogens is 340 g/mol. The Labute approximate surface area is 152 Å². The third-order valence-electron chi connectivity index (χ3n) is 4.20. The van der Waals surface area contributed by atoms with E-state index >= 15 is 0 Å². The van der Waals surface area contributed by atoms with Gasteiger partial charge in [-0.15, -0.1) is 0 Å². The molecule has 1 N–H and O–H groups in total. The van der Waals surface area contributed by atoms with Crippen molar-refractivity contribution < 1.29 is 9.53 Å². The van der Waals surface area contributed by atoms with E-state index in [1.807, 2.05) is 24.0 Å². The summed E-state index contributed by atoms with van der Waals surface area (Å²) in [5.41, 5.74) is 1.55. The van der Waals surface area contributed by atoms with E-state index in [-0.39, 0.29) is 11.8 Å². The summed E-state index contributed by atoms with van der Waals surface area (Å²) < 4.78 is 5.22. The second-order valence-corrected chi connectivity index (χ2v) is 6.57. The predicted molar refractivity (Wildman–Crippen MR) is 98.3 cm³/mol. The van der Waals surface area contributed by atoms with Gasteiger partial charge in [0.05, 0.1) is 13.0 Å². The van der Waals surface area contributed by atoms with Gasteiger partial charge in [0.25, 0.3) is 0 Å². The fourth-order valence-electron chi connectivity index (χ4n) is 2.95. The van der Waals surface area contributed by atoms with Gasteiger partial charge >= 0.3 is 0 Å². The number of methoxy groups -OCH3 is 1. The number of aromatic nitrogens is 2. The van der Waals surface area contributed by atoms with Crippen molar-refractivity contribution in [3.63, 3.8) is 0 Å². The first-order valence-electron chi connectivity index (χ1n) is 8.26. The maximum Gasteiger partial charge on any atom is 0.229 e. The number of rotatable bonds is 4. The number of aryl methyl sites for hydroxylation is 1. The molecule has 1 aliphatic rings. The summed E-state index contributed by atoms with van der Waals surface area (Å²) in [6.45, 7) is 3.31. The molecule has 25 heavy (non-hydrogen) atoms. The van der Waals surface area contributed by atoms with Crippen LogP contribution in [0.25, 0.3) is 0 Å².